The van der Waals surface area contributed by atoms with Crippen LogP contribution in [-0.4, -0.2) is 14.9 Å². The Morgan fingerprint density at radius 1 is 0.962 bits per heavy atom. The van der Waals surface area contributed by atoms with E-state index in [1.165, 1.54) is 11.9 Å². The Morgan fingerprint density at radius 3 is 2.31 bits per heavy atom. The van der Waals surface area contributed by atoms with Crippen LogP contribution in [0.15, 0.2) is 60.9 Å². The van der Waals surface area contributed by atoms with Gasteiger partial charge in [-0.2, -0.15) is 0 Å². The van der Waals surface area contributed by atoms with Crippen LogP contribution in [0.1, 0.15) is 18.1 Å². The highest BCUT2D eigenvalue weighted by atomic mass is 16.6. The number of nitrogens with one attached hydrogen (secondary N) is 2. The fourth-order valence-corrected chi connectivity index (χ4v) is 2.51. The van der Waals surface area contributed by atoms with Gasteiger partial charge >= 0.3 is 5.69 Å². The molecule has 0 aliphatic carbocycles. The number of nitrogens with zero attached hydrogens (tertiary/aromatic N) is 3. The number of hydrogen-bond donors (Lipinski definition) is 2. The molecule has 0 fully saturated rings. The summed E-state index contributed by atoms with van der Waals surface area (Å²) in [6.07, 6.45) is 2.24. The largest absolute Gasteiger partial charge is 0.360 e. The molecule has 1 aromatic heterocycles. The van der Waals surface area contributed by atoms with Crippen LogP contribution >= 0.6 is 0 Å². The van der Waals surface area contributed by atoms with E-state index < -0.39 is 4.92 Å². The SMILES string of the molecule is CCc1ccc(Nc2ncnc(NCc3ccccc3)c2[N+](=O)[O-])cc1. The van der Waals surface area contributed by atoms with Gasteiger partial charge in [0.2, 0.25) is 11.6 Å². The van der Waals surface area contributed by atoms with Gasteiger partial charge in [0.1, 0.15) is 6.33 Å². The molecule has 0 aliphatic heterocycles. The third kappa shape index (κ3) is 4.13. The zero-order valence-corrected chi connectivity index (χ0v) is 14.3. The van der Waals surface area contributed by atoms with Gasteiger partial charge in [-0.1, -0.05) is 49.4 Å². The maximum atomic E-state index is 11.6. The maximum absolute atomic E-state index is 11.6. The van der Waals surface area contributed by atoms with E-state index >= 15 is 0 Å². The van der Waals surface area contributed by atoms with Crippen LogP contribution in [0.2, 0.25) is 0 Å². The first-order valence-electron chi connectivity index (χ1n) is 8.30. The molecule has 132 valence electrons. The Bertz CT molecular complexity index is 882. The predicted molar refractivity (Wildman–Crippen MR) is 102 cm³/mol. The quantitative estimate of drug-likeness (QED) is 0.488. The monoisotopic (exact) mass is 349 g/mol. The van der Waals surface area contributed by atoms with Gasteiger partial charge in [0.25, 0.3) is 0 Å². The summed E-state index contributed by atoms with van der Waals surface area (Å²) in [5.74, 6) is 0.339. The van der Waals surface area contributed by atoms with Gasteiger partial charge in [-0.15, -0.1) is 0 Å². The molecule has 3 rings (SSSR count). The van der Waals surface area contributed by atoms with E-state index in [-0.39, 0.29) is 17.3 Å². The Morgan fingerprint density at radius 2 is 1.65 bits per heavy atom. The number of hydrogen-bond acceptors (Lipinski definition) is 6. The van der Waals surface area contributed by atoms with Gasteiger partial charge in [0.05, 0.1) is 4.92 Å². The lowest BCUT2D eigenvalue weighted by atomic mass is 10.1. The smallest absolute Gasteiger partial charge is 0.353 e. The Kier molecular flexibility index (Phi) is 5.38. The zero-order valence-electron chi connectivity index (χ0n) is 14.3. The van der Waals surface area contributed by atoms with Crippen molar-refractivity contribution in [2.24, 2.45) is 0 Å². The molecule has 3 aromatic rings. The number of nitro groups is 1. The van der Waals surface area contributed by atoms with Crippen molar-refractivity contribution in [1.29, 1.82) is 0 Å². The molecule has 2 N–H and O–H groups in total. The normalized spacial score (nSPS) is 10.3. The molecule has 2 aromatic carbocycles. The first-order valence-corrected chi connectivity index (χ1v) is 8.30. The van der Waals surface area contributed by atoms with Crippen LogP contribution in [0.5, 0.6) is 0 Å². The van der Waals surface area contributed by atoms with E-state index in [2.05, 4.69) is 27.5 Å². The molecule has 1 heterocycles. The van der Waals surface area contributed by atoms with E-state index in [9.17, 15) is 10.1 Å². The summed E-state index contributed by atoms with van der Waals surface area (Å²) in [5.41, 5.74) is 2.75. The second-order valence-electron chi connectivity index (χ2n) is 5.69. The molecule has 26 heavy (non-hydrogen) atoms. The summed E-state index contributed by atoms with van der Waals surface area (Å²) in [4.78, 5) is 19.2. The molecule has 0 saturated heterocycles. The third-order valence-electron chi connectivity index (χ3n) is 3.93. The van der Waals surface area contributed by atoms with E-state index in [1.54, 1.807) is 0 Å². The van der Waals surface area contributed by atoms with Gasteiger partial charge < -0.3 is 10.6 Å². The first-order chi connectivity index (χ1) is 12.7. The van der Waals surface area contributed by atoms with Crippen molar-refractivity contribution < 1.29 is 4.92 Å². The highest BCUT2D eigenvalue weighted by Gasteiger charge is 2.23. The number of anilines is 3. The zero-order chi connectivity index (χ0) is 18.4. The number of aromatic nitrogens is 2. The summed E-state index contributed by atoms with van der Waals surface area (Å²) in [6, 6.07) is 17.3. The van der Waals surface area contributed by atoms with Gasteiger partial charge in [0.15, 0.2) is 0 Å². The van der Waals surface area contributed by atoms with E-state index in [0.29, 0.717) is 6.54 Å². The fraction of sp³-hybridized carbons (Fsp3) is 0.158. The standard InChI is InChI=1S/C19H19N5O2/c1-2-14-8-10-16(11-9-14)23-19-17(24(25)26)18(21-13-22-19)20-12-15-6-4-3-5-7-15/h3-11,13H,2,12H2,1H3,(H2,20,21,22,23). The molecule has 0 radical (unpaired) electrons. The minimum Gasteiger partial charge on any atom is -0.360 e. The van der Waals surface area contributed by atoms with Crippen LogP contribution in [0.4, 0.5) is 23.0 Å². The van der Waals surface area contributed by atoms with Crippen LogP contribution < -0.4 is 10.6 Å². The Hall–Kier alpha value is -3.48. The molecular formula is C19H19N5O2. The molecule has 0 spiro atoms. The van der Waals surface area contributed by atoms with Crippen LogP contribution in [0.3, 0.4) is 0 Å². The van der Waals surface area contributed by atoms with Gasteiger partial charge in [-0.05, 0) is 29.7 Å². The van der Waals surface area contributed by atoms with Gasteiger partial charge in [-0.3, -0.25) is 10.1 Å². The van der Waals surface area contributed by atoms with E-state index in [0.717, 1.165) is 17.7 Å². The summed E-state index contributed by atoms with van der Waals surface area (Å²) in [7, 11) is 0. The molecule has 0 bridgehead atoms. The summed E-state index contributed by atoms with van der Waals surface area (Å²) < 4.78 is 0. The van der Waals surface area contributed by atoms with Crippen molar-refractivity contribution >= 4 is 23.0 Å². The molecule has 0 atom stereocenters. The summed E-state index contributed by atoms with van der Waals surface area (Å²) >= 11 is 0. The predicted octanol–water partition coefficient (Wildman–Crippen LogP) is 4.30. The van der Waals surface area contributed by atoms with Crippen LogP contribution in [0, 0.1) is 10.1 Å². The van der Waals surface area contributed by atoms with Crippen LogP contribution in [-0.2, 0) is 13.0 Å². The molecule has 7 nitrogen and oxygen atoms in total. The molecule has 0 aliphatic rings. The lowest BCUT2D eigenvalue weighted by Gasteiger charge is -2.10. The first kappa shape index (κ1) is 17.3. The second kappa shape index (κ2) is 8.06. The van der Waals surface area contributed by atoms with Crippen molar-refractivity contribution in [3.8, 4) is 0 Å². The van der Waals surface area contributed by atoms with E-state index in [4.69, 9.17) is 0 Å². The minimum atomic E-state index is -0.476. The number of aryl methyl sites for hydroxylation is 1. The van der Waals surface area contributed by atoms with Crippen molar-refractivity contribution in [1.82, 2.24) is 9.97 Å². The lowest BCUT2D eigenvalue weighted by molar-refractivity contribution is -0.383. The van der Waals surface area contributed by atoms with E-state index in [1.807, 2.05) is 54.6 Å². The fourth-order valence-electron chi connectivity index (χ4n) is 2.51. The average molecular weight is 349 g/mol. The Balaban J connectivity index is 1.84. The van der Waals surface area contributed by atoms with Crippen molar-refractivity contribution in [3.05, 3.63) is 82.2 Å². The highest BCUT2D eigenvalue weighted by molar-refractivity contribution is 5.73. The van der Waals surface area contributed by atoms with Crippen molar-refractivity contribution in [2.75, 3.05) is 10.6 Å². The summed E-state index contributed by atoms with van der Waals surface area (Å²) in [5, 5.41) is 17.6. The number of benzene rings is 2. The third-order valence-corrected chi connectivity index (χ3v) is 3.93. The van der Waals surface area contributed by atoms with Crippen molar-refractivity contribution in [3.63, 3.8) is 0 Å². The van der Waals surface area contributed by atoms with Gasteiger partial charge in [0, 0.05) is 12.2 Å². The average Bonchev–Trinajstić information content (AvgIpc) is 2.67. The minimum absolute atomic E-state index is 0.157. The van der Waals surface area contributed by atoms with Gasteiger partial charge in [-0.25, -0.2) is 9.97 Å². The Labute approximate surface area is 151 Å². The molecule has 0 saturated carbocycles. The maximum Gasteiger partial charge on any atom is 0.353 e. The van der Waals surface area contributed by atoms with Crippen molar-refractivity contribution in [2.45, 2.75) is 19.9 Å². The molecule has 7 heteroatoms. The summed E-state index contributed by atoms with van der Waals surface area (Å²) in [6.45, 7) is 2.51. The number of rotatable bonds is 7. The van der Waals surface area contributed by atoms with Crippen LogP contribution in [0.25, 0.3) is 0 Å². The highest BCUT2D eigenvalue weighted by Crippen LogP contribution is 2.31. The topological polar surface area (TPSA) is 93.0 Å². The second-order valence-corrected chi connectivity index (χ2v) is 5.69. The molecule has 0 unspecified atom stereocenters. The molecule has 0 amide bonds. The lowest BCUT2D eigenvalue weighted by Crippen LogP contribution is -2.08. The molecular weight excluding hydrogens is 330 g/mol.